The van der Waals surface area contributed by atoms with Crippen LogP contribution >= 0.6 is 23.1 Å². The Hall–Kier alpha value is -2.66. The fourth-order valence-electron chi connectivity index (χ4n) is 2.48. The fourth-order valence-corrected chi connectivity index (χ4v) is 4.00. The molecule has 0 bridgehead atoms. The second-order valence-electron chi connectivity index (χ2n) is 5.96. The molecule has 29 heavy (non-hydrogen) atoms. The van der Waals surface area contributed by atoms with E-state index >= 15 is 0 Å². The third kappa shape index (κ3) is 5.24. The summed E-state index contributed by atoms with van der Waals surface area (Å²) in [4.78, 5) is 12.4. The largest absolute Gasteiger partial charge is 0.493 e. The van der Waals surface area contributed by atoms with E-state index in [2.05, 4.69) is 25.7 Å². The van der Waals surface area contributed by atoms with Crippen molar-refractivity contribution in [1.29, 1.82) is 0 Å². The van der Waals surface area contributed by atoms with Gasteiger partial charge in [0, 0.05) is 6.54 Å². The van der Waals surface area contributed by atoms with Crippen LogP contribution in [0.2, 0.25) is 0 Å². The number of carbonyl (C=O) groups excluding carboxylic acids is 1. The molecule has 0 radical (unpaired) electrons. The molecule has 0 spiro atoms. The number of hydrogen-bond acceptors (Lipinski definition) is 9. The van der Waals surface area contributed by atoms with Crippen molar-refractivity contribution < 1.29 is 14.3 Å². The van der Waals surface area contributed by atoms with Gasteiger partial charge in [-0.2, -0.15) is 0 Å². The van der Waals surface area contributed by atoms with Gasteiger partial charge in [-0.05, 0) is 32.9 Å². The average Bonchev–Trinajstić information content (AvgIpc) is 3.31. The molecular formula is C18H22N6O3S2. The molecule has 1 N–H and O–H groups in total. The summed E-state index contributed by atoms with van der Waals surface area (Å²) in [6, 6.07) is 7.43. The number of anilines is 1. The Labute approximate surface area is 176 Å². The summed E-state index contributed by atoms with van der Waals surface area (Å²) >= 11 is 2.67. The van der Waals surface area contributed by atoms with Crippen LogP contribution in [0.3, 0.4) is 0 Å². The SMILES string of the molecule is CCn1c(COc2ccccc2OC)nnc1S[C@H](C)C(=O)Nc1nnc(C)s1. The van der Waals surface area contributed by atoms with E-state index in [1.165, 1.54) is 23.1 Å². The van der Waals surface area contributed by atoms with Crippen LogP contribution in [-0.4, -0.2) is 43.2 Å². The van der Waals surface area contributed by atoms with Crippen molar-refractivity contribution in [2.24, 2.45) is 0 Å². The van der Waals surface area contributed by atoms with E-state index in [-0.39, 0.29) is 17.8 Å². The molecule has 0 unspecified atom stereocenters. The zero-order valence-corrected chi connectivity index (χ0v) is 18.2. The van der Waals surface area contributed by atoms with Crippen LogP contribution in [0.15, 0.2) is 29.4 Å². The van der Waals surface area contributed by atoms with Gasteiger partial charge in [0.1, 0.15) is 11.6 Å². The van der Waals surface area contributed by atoms with Crippen LogP contribution in [0, 0.1) is 6.92 Å². The molecule has 1 atom stereocenters. The van der Waals surface area contributed by atoms with Crippen LogP contribution < -0.4 is 14.8 Å². The Kier molecular flexibility index (Phi) is 7.04. The summed E-state index contributed by atoms with van der Waals surface area (Å²) < 4.78 is 13.1. The Balaban J connectivity index is 1.64. The van der Waals surface area contributed by atoms with Crippen molar-refractivity contribution in [2.45, 2.75) is 44.3 Å². The van der Waals surface area contributed by atoms with Crippen molar-refractivity contribution in [3.05, 3.63) is 35.1 Å². The summed E-state index contributed by atoms with van der Waals surface area (Å²) in [6.07, 6.45) is 0. The molecule has 1 aromatic carbocycles. The second kappa shape index (κ2) is 9.70. The predicted octanol–water partition coefficient (Wildman–Crippen LogP) is 3.16. The molecule has 0 aliphatic carbocycles. The summed E-state index contributed by atoms with van der Waals surface area (Å²) in [5, 5.41) is 20.6. The van der Waals surface area contributed by atoms with E-state index < -0.39 is 0 Å². The quantitative estimate of drug-likeness (QED) is 0.512. The molecule has 0 fully saturated rings. The van der Waals surface area contributed by atoms with E-state index in [9.17, 15) is 4.79 Å². The molecule has 0 aliphatic heterocycles. The molecule has 3 rings (SSSR count). The lowest BCUT2D eigenvalue weighted by Gasteiger charge is -2.12. The maximum Gasteiger partial charge on any atom is 0.239 e. The highest BCUT2D eigenvalue weighted by atomic mass is 32.2. The molecule has 154 valence electrons. The zero-order chi connectivity index (χ0) is 20.8. The highest BCUT2D eigenvalue weighted by Gasteiger charge is 2.21. The molecule has 0 aliphatic rings. The molecular weight excluding hydrogens is 412 g/mol. The number of hydrogen-bond donors (Lipinski definition) is 1. The lowest BCUT2D eigenvalue weighted by molar-refractivity contribution is -0.115. The van der Waals surface area contributed by atoms with Crippen molar-refractivity contribution in [1.82, 2.24) is 25.0 Å². The van der Waals surface area contributed by atoms with Gasteiger partial charge in [0.2, 0.25) is 11.0 Å². The molecule has 11 heteroatoms. The maximum absolute atomic E-state index is 12.4. The molecule has 0 saturated carbocycles. The number of aryl methyl sites for hydroxylation is 1. The van der Waals surface area contributed by atoms with E-state index in [1.54, 1.807) is 7.11 Å². The number of methoxy groups -OCH3 is 1. The van der Waals surface area contributed by atoms with Gasteiger partial charge in [-0.3, -0.25) is 10.1 Å². The number of para-hydroxylation sites is 2. The molecule has 2 heterocycles. The van der Waals surface area contributed by atoms with Crippen LogP contribution in [-0.2, 0) is 17.9 Å². The first-order valence-corrected chi connectivity index (χ1v) is 10.7. The standard InChI is InChI=1S/C18H22N6O3S2/c1-5-24-15(10-27-14-9-7-6-8-13(14)26-4)21-23-18(24)28-11(2)16(25)19-17-22-20-12(3)29-17/h6-9,11H,5,10H2,1-4H3,(H,19,22,25)/t11-/m1/s1. The van der Waals surface area contributed by atoms with E-state index in [0.717, 1.165) is 5.01 Å². The second-order valence-corrected chi connectivity index (χ2v) is 8.45. The Morgan fingerprint density at radius 1 is 1.24 bits per heavy atom. The third-order valence-corrected chi connectivity index (χ3v) is 5.78. The number of thioether (sulfide) groups is 1. The summed E-state index contributed by atoms with van der Waals surface area (Å²) in [7, 11) is 1.60. The Morgan fingerprint density at radius 2 is 2.00 bits per heavy atom. The minimum atomic E-state index is -0.378. The van der Waals surface area contributed by atoms with Gasteiger partial charge in [0.05, 0.1) is 12.4 Å². The maximum atomic E-state index is 12.4. The smallest absolute Gasteiger partial charge is 0.239 e. The number of benzene rings is 1. The number of ether oxygens (including phenoxy) is 2. The van der Waals surface area contributed by atoms with Gasteiger partial charge in [-0.15, -0.1) is 20.4 Å². The van der Waals surface area contributed by atoms with Crippen molar-refractivity contribution in [2.75, 3.05) is 12.4 Å². The number of nitrogens with one attached hydrogen (secondary N) is 1. The van der Waals surface area contributed by atoms with Crippen molar-refractivity contribution in [3.63, 3.8) is 0 Å². The first-order valence-electron chi connectivity index (χ1n) is 8.97. The highest BCUT2D eigenvalue weighted by molar-refractivity contribution is 8.00. The number of carbonyl (C=O) groups is 1. The Bertz CT molecular complexity index is 974. The van der Waals surface area contributed by atoms with Crippen molar-refractivity contribution >= 4 is 34.1 Å². The van der Waals surface area contributed by atoms with Gasteiger partial charge < -0.3 is 14.0 Å². The normalized spacial score (nSPS) is 11.9. The monoisotopic (exact) mass is 434 g/mol. The van der Waals surface area contributed by atoms with Gasteiger partial charge >= 0.3 is 0 Å². The number of amides is 1. The van der Waals surface area contributed by atoms with Crippen LogP contribution in [0.5, 0.6) is 11.5 Å². The van der Waals surface area contributed by atoms with Crippen LogP contribution in [0.1, 0.15) is 24.7 Å². The van der Waals surface area contributed by atoms with Gasteiger partial charge in [0.25, 0.3) is 0 Å². The molecule has 2 aromatic heterocycles. The molecule has 1 amide bonds. The zero-order valence-electron chi connectivity index (χ0n) is 16.6. The summed E-state index contributed by atoms with van der Waals surface area (Å²) in [5.41, 5.74) is 0. The lowest BCUT2D eigenvalue weighted by Crippen LogP contribution is -2.23. The number of nitrogens with zero attached hydrogens (tertiary/aromatic N) is 5. The highest BCUT2D eigenvalue weighted by Crippen LogP contribution is 2.28. The topological polar surface area (TPSA) is 104 Å². The van der Waals surface area contributed by atoms with Crippen LogP contribution in [0.25, 0.3) is 0 Å². The van der Waals surface area contributed by atoms with Crippen molar-refractivity contribution in [3.8, 4) is 11.5 Å². The summed E-state index contributed by atoms with van der Waals surface area (Å²) in [6.45, 7) is 6.54. The third-order valence-electron chi connectivity index (χ3n) is 3.94. The molecule has 3 aromatic rings. The van der Waals surface area contributed by atoms with Gasteiger partial charge in [0.15, 0.2) is 22.5 Å². The average molecular weight is 435 g/mol. The van der Waals surface area contributed by atoms with Gasteiger partial charge in [-0.25, -0.2) is 0 Å². The first-order chi connectivity index (χ1) is 14.0. The number of aromatic nitrogens is 5. The van der Waals surface area contributed by atoms with E-state index in [1.807, 2.05) is 49.6 Å². The minimum absolute atomic E-state index is 0.163. The predicted molar refractivity (Wildman–Crippen MR) is 112 cm³/mol. The van der Waals surface area contributed by atoms with Crippen LogP contribution in [0.4, 0.5) is 5.13 Å². The molecule has 9 nitrogen and oxygen atoms in total. The Morgan fingerprint density at radius 3 is 2.66 bits per heavy atom. The summed E-state index contributed by atoms with van der Waals surface area (Å²) in [5.74, 6) is 1.80. The van der Waals surface area contributed by atoms with Gasteiger partial charge in [-0.1, -0.05) is 35.2 Å². The first kappa shape index (κ1) is 21.1. The minimum Gasteiger partial charge on any atom is -0.493 e. The molecule has 0 saturated heterocycles. The lowest BCUT2D eigenvalue weighted by atomic mass is 10.3. The fraction of sp³-hybridized carbons (Fsp3) is 0.389. The van der Waals surface area contributed by atoms with E-state index in [4.69, 9.17) is 9.47 Å². The number of rotatable bonds is 9. The van der Waals surface area contributed by atoms with E-state index in [0.29, 0.717) is 34.2 Å².